The Balaban J connectivity index is 1.19. The summed E-state index contributed by atoms with van der Waals surface area (Å²) in [6, 6.07) is 0.785. The van der Waals surface area contributed by atoms with Crippen molar-refractivity contribution in [2.24, 2.45) is 11.8 Å². The van der Waals surface area contributed by atoms with Crippen LogP contribution in [0.3, 0.4) is 0 Å². The van der Waals surface area contributed by atoms with Gasteiger partial charge in [0.05, 0.1) is 20.3 Å². The van der Waals surface area contributed by atoms with Crippen LogP contribution in [0, 0.1) is 11.8 Å². The molecule has 1 N–H and O–H groups in total. The number of nitrogens with zero attached hydrogens (tertiary/aromatic N) is 2. The summed E-state index contributed by atoms with van der Waals surface area (Å²) in [7, 11) is -0.0295. The van der Waals surface area contributed by atoms with Crippen molar-refractivity contribution in [1.29, 1.82) is 0 Å². The molecule has 0 aromatic heterocycles. The molecule has 0 aromatic rings. The molecule has 2 aliphatic heterocycles. The Labute approximate surface area is 273 Å². The standard InChI is InChI=1S/C37H62N2O5Si/c1-26-35(45(3,4)31-20-18-30(43-2)19-21-31)34(22-23-40)44-37(26)32-12-8-9-13-33(32)38(36(37)42)24-27-14-16-29(17-15-27)39(25-41)28-10-6-5-7-11-28/h25-31,34-35,40H,5-24H2,1-4H3/t26-,27?,29?,30?,31?,34+,35-,37+/m0/s1. The molecule has 4 fully saturated rings. The van der Waals surface area contributed by atoms with Crippen LogP contribution in [0.4, 0.5) is 0 Å². The van der Waals surface area contributed by atoms with Crippen molar-refractivity contribution in [1.82, 2.24) is 9.80 Å². The highest BCUT2D eigenvalue weighted by Gasteiger charge is 2.67. The second-order valence-corrected chi connectivity index (χ2v) is 21.4. The van der Waals surface area contributed by atoms with Crippen molar-refractivity contribution in [2.45, 2.75) is 177 Å². The number of ether oxygens (including phenoxy) is 2. The monoisotopic (exact) mass is 642 g/mol. The highest BCUT2D eigenvalue weighted by Crippen LogP contribution is 2.61. The van der Waals surface area contributed by atoms with Crippen molar-refractivity contribution in [3.8, 4) is 0 Å². The number of aliphatic hydroxyl groups is 1. The molecule has 8 heteroatoms. The maximum atomic E-state index is 14.9. The third kappa shape index (κ3) is 6.12. The lowest BCUT2D eigenvalue weighted by Crippen LogP contribution is -2.51. The minimum absolute atomic E-state index is 0.0593. The number of carbonyl (C=O) groups excluding carboxylic acids is 2. The maximum absolute atomic E-state index is 14.9. The summed E-state index contributed by atoms with van der Waals surface area (Å²) in [5.74, 6) is 0.807. The first-order chi connectivity index (χ1) is 21.8. The number of methoxy groups -OCH3 is 1. The molecule has 1 saturated heterocycles. The van der Waals surface area contributed by atoms with E-state index in [2.05, 4.69) is 29.8 Å². The van der Waals surface area contributed by atoms with Gasteiger partial charge in [-0.25, -0.2) is 0 Å². The lowest BCUT2D eigenvalue weighted by atomic mass is 9.78. The molecular formula is C37H62N2O5Si. The topological polar surface area (TPSA) is 79.3 Å². The summed E-state index contributed by atoms with van der Waals surface area (Å²) in [5, 5.41) is 10.2. The van der Waals surface area contributed by atoms with Crippen LogP contribution in [-0.2, 0) is 19.1 Å². The molecule has 2 heterocycles. The Morgan fingerprint density at radius 2 is 1.62 bits per heavy atom. The van der Waals surface area contributed by atoms with Gasteiger partial charge >= 0.3 is 0 Å². The second-order valence-electron chi connectivity index (χ2n) is 16.3. The molecular weight excluding hydrogens is 581 g/mol. The van der Waals surface area contributed by atoms with Crippen LogP contribution in [0.5, 0.6) is 0 Å². The van der Waals surface area contributed by atoms with Crippen LogP contribution in [0.25, 0.3) is 0 Å². The molecule has 4 aliphatic carbocycles. The third-order valence-electron chi connectivity index (χ3n) is 13.8. The SMILES string of the molecule is COC1CCC([Si](C)(C)[C@@H]2[C@@H](CCO)O[C@]3(C(=O)N(CC4CCC(N(C=O)C5CCCCC5)CC4)C4=C3CCCC4)[C@H]2C)CC1. The fraction of sp³-hybridized carbons (Fsp3) is 0.892. The van der Waals surface area contributed by atoms with Crippen molar-refractivity contribution in [2.75, 3.05) is 20.3 Å². The van der Waals surface area contributed by atoms with E-state index in [1.807, 2.05) is 7.11 Å². The Morgan fingerprint density at radius 1 is 0.956 bits per heavy atom. The Hall–Kier alpha value is -1.22. The van der Waals surface area contributed by atoms with E-state index in [4.69, 9.17) is 9.47 Å². The summed E-state index contributed by atoms with van der Waals surface area (Å²) in [4.78, 5) is 31.5. The smallest absolute Gasteiger partial charge is 0.263 e. The van der Waals surface area contributed by atoms with Gasteiger partial charge in [0.15, 0.2) is 5.60 Å². The molecule has 0 bridgehead atoms. The van der Waals surface area contributed by atoms with Gasteiger partial charge in [-0.15, -0.1) is 0 Å². The number of hydrogen-bond acceptors (Lipinski definition) is 5. The van der Waals surface area contributed by atoms with E-state index in [0.717, 1.165) is 90.0 Å². The lowest BCUT2D eigenvalue weighted by molar-refractivity contribution is -0.150. The third-order valence-corrected chi connectivity index (χ3v) is 19.1. The highest BCUT2D eigenvalue weighted by atomic mass is 28.3. The number of carbonyl (C=O) groups is 2. The van der Waals surface area contributed by atoms with E-state index < -0.39 is 13.7 Å². The summed E-state index contributed by atoms with van der Waals surface area (Å²) in [6.45, 7) is 8.35. The highest BCUT2D eigenvalue weighted by molar-refractivity contribution is 6.80. The molecule has 0 radical (unpaired) electrons. The van der Waals surface area contributed by atoms with Gasteiger partial charge in [0.2, 0.25) is 6.41 Å². The summed E-state index contributed by atoms with van der Waals surface area (Å²) in [6.07, 6.45) is 21.3. The van der Waals surface area contributed by atoms with Crippen LogP contribution in [0.15, 0.2) is 11.3 Å². The predicted octanol–water partition coefficient (Wildman–Crippen LogP) is 7.20. The molecule has 2 amide bonds. The zero-order valence-corrected chi connectivity index (χ0v) is 29.8. The number of rotatable bonds is 10. The van der Waals surface area contributed by atoms with Gasteiger partial charge in [-0.1, -0.05) is 52.1 Å². The van der Waals surface area contributed by atoms with Gasteiger partial charge < -0.3 is 24.4 Å². The van der Waals surface area contributed by atoms with E-state index in [-0.39, 0.29) is 24.5 Å². The molecule has 0 aromatic carbocycles. The average molecular weight is 643 g/mol. The number of amides is 2. The predicted molar refractivity (Wildman–Crippen MR) is 180 cm³/mol. The van der Waals surface area contributed by atoms with Crippen molar-refractivity contribution in [3.63, 3.8) is 0 Å². The first kappa shape index (κ1) is 33.7. The van der Waals surface area contributed by atoms with E-state index in [0.29, 0.717) is 41.6 Å². The van der Waals surface area contributed by atoms with Crippen LogP contribution >= 0.6 is 0 Å². The van der Waals surface area contributed by atoms with Gasteiger partial charge in [0.25, 0.3) is 5.91 Å². The first-order valence-electron chi connectivity index (χ1n) is 18.8. The number of allylic oxidation sites excluding steroid dienone is 1. The minimum atomic E-state index is -1.87. The van der Waals surface area contributed by atoms with Crippen LogP contribution in [0.1, 0.15) is 122 Å². The fourth-order valence-corrected chi connectivity index (χ4v) is 16.4. The summed E-state index contributed by atoms with van der Waals surface area (Å²) in [5.41, 5.74) is 2.76. The molecule has 254 valence electrons. The first-order valence-corrected chi connectivity index (χ1v) is 22.0. The van der Waals surface area contributed by atoms with Gasteiger partial charge in [0.1, 0.15) is 0 Å². The van der Waals surface area contributed by atoms with E-state index in [1.54, 1.807) is 0 Å². The molecule has 7 nitrogen and oxygen atoms in total. The fourth-order valence-electron chi connectivity index (χ4n) is 11.4. The van der Waals surface area contributed by atoms with E-state index in [9.17, 15) is 14.7 Å². The van der Waals surface area contributed by atoms with Gasteiger partial charge in [-0.2, -0.15) is 0 Å². The zero-order chi connectivity index (χ0) is 31.8. The number of fused-ring (bicyclic) bond motifs is 1. The molecule has 45 heavy (non-hydrogen) atoms. The van der Waals surface area contributed by atoms with Gasteiger partial charge in [-0.3, -0.25) is 9.59 Å². The second kappa shape index (κ2) is 14.1. The quantitative estimate of drug-likeness (QED) is 0.201. The number of hydrogen-bond donors (Lipinski definition) is 1. The molecule has 0 unspecified atom stereocenters. The Morgan fingerprint density at radius 3 is 2.27 bits per heavy atom. The van der Waals surface area contributed by atoms with Crippen molar-refractivity contribution >= 4 is 20.4 Å². The molecule has 6 aliphatic rings. The van der Waals surface area contributed by atoms with Crippen molar-refractivity contribution < 1.29 is 24.2 Å². The van der Waals surface area contributed by atoms with E-state index >= 15 is 0 Å². The Bertz CT molecular complexity index is 1070. The van der Waals surface area contributed by atoms with Crippen LogP contribution < -0.4 is 0 Å². The molecule has 6 rings (SSSR count). The molecule has 4 atom stereocenters. The number of aliphatic hydroxyl groups excluding tert-OH is 1. The van der Waals surface area contributed by atoms with Gasteiger partial charge in [-0.05, 0) is 106 Å². The Kier molecular flexibility index (Phi) is 10.5. The zero-order valence-electron chi connectivity index (χ0n) is 28.8. The van der Waals surface area contributed by atoms with E-state index in [1.165, 1.54) is 43.4 Å². The van der Waals surface area contributed by atoms with Gasteiger partial charge in [0, 0.05) is 44.0 Å². The lowest BCUT2D eigenvalue weighted by Gasteiger charge is -2.45. The summed E-state index contributed by atoms with van der Waals surface area (Å²) >= 11 is 0. The minimum Gasteiger partial charge on any atom is -0.396 e. The molecule has 1 spiro atoms. The largest absolute Gasteiger partial charge is 0.396 e. The molecule has 3 saturated carbocycles. The van der Waals surface area contributed by atoms with Crippen LogP contribution in [0.2, 0.25) is 24.2 Å². The van der Waals surface area contributed by atoms with Crippen molar-refractivity contribution in [3.05, 3.63) is 11.3 Å². The van der Waals surface area contributed by atoms with Crippen LogP contribution in [-0.4, -0.2) is 85.5 Å². The maximum Gasteiger partial charge on any atom is 0.263 e. The normalized spacial score (nSPS) is 38.2. The summed E-state index contributed by atoms with van der Waals surface area (Å²) < 4.78 is 12.9. The average Bonchev–Trinajstić information content (AvgIpc) is 3.49.